The Balaban J connectivity index is 1.72. The first kappa shape index (κ1) is 20.9. The molecule has 0 aromatic heterocycles. The number of methoxy groups -OCH3 is 1. The molecule has 1 heterocycles. The molecular weight excluding hydrogens is 410 g/mol. The van der Waals surface area contributed by atoms with E-state index in [1.165, 1.54) is 25.4 Å². The zero-order chi connectivity index (χ0) is 21.8. The van der Waals surface area contributed by atoms with Crippen LogP contribution in [0.25, 0.3) is 0 Å². The van der Waals surface area contributed by atoms with Crippen molar-refractivity contribution in [2.45, 2.75) is 17.2 Å². The van der Waals surface area contributed by atoms with Gasteiger partial charge in [0.15, 0.2) is 0 Å². The van der Waals surface area contributed by atoms with Crippen molar-refractivity contribution in [3.05, 3.63) is 108 Å². The van der Waals surface area contributed by atoms with E-state index in [1.807, 2.05) is 66.7 Å². The number of amides is 1. The van der Waals surface area contributed by atoms with Crippen molar-refractivity contribution in [1.82, 2.24) is 4.31 Å². The molecule has 0 radical (unpaired) electrons. The van der Waals surface area contributed by atoms with Gasteiger partial charge in [-0.2, -0.15) is 0 Å². The Morgan fingerprint density at radius 2 is 1.48 bits per heavy atom. The summed E-state index contributed by atoms with van der Waals surface area (Å²) in [6, 6.07) is 25.4. The summed E-state index contributed by atoms with van der Waals surface area (Å²) < 4.78 is 32.5. The number of hydrogen-bond donors (Lipinski definition) is 0. The molecule has 1 aliphatic heterocycles. The molecule has 3 aromatic carbocycles. The van der Waals surface area contributed by atoms with Gasteiger partial charge in [0, 0.05) is 12.1 Å². The molecule has 6 heteroatoms. The fourth-order valence-electron chi connectivity index (χ4n) is 3.86. The number of hydrogen-bond acceptors (Lipinski definition) is 4. The van der Waals surface area contributed by atoms with Crippen LogP contribution in [0.3, 0.4) is 0 Å². The standard InChI is InChI=1S/C25H23NO4S/c1-30-21-12-14-22(15-13-21)31(28,29)26-17-16-23(20-10-6-3-7-11-20)24(25(26)27)18-19-8-4-2-5-9-19/h2-17,23-24H,18H2,1H3. The Kier molecular flexibility index (Phi) is 5.91. The molecule has 1 amide bonds. The molecule has 2 atom stereocenters. The Bertz CT molecular complexity index is 1170. The van der Waals surface area contributed by atoms with E-state index in [4.69, 9.17) is 4.74 Å². The number of carbonyl (C=O) groups excluding carboxylic acids is 1. The van der Waals surface area contributed by atoms with Crippen LogP contribution in [0, 0.1) is 5.92 Å². The van der Waals surface area contributed by atoms with E-state index in [9.17, 15) is 13.2 Å². The maximum atomic E-state index is 13.5. The topological polar surface area (TPSA) is 63.7 Å². The summed E-state index contributed by atoms with van der Waals surface area (Å²) in [5, 5.41) is 0. The number of allylic oxidation sites excluding steroid dienone is 1. The number of ether oxygens (including phenoxy) is 1. The lowest BCUT2D eigenvalue weighted by molar-refractivity contribution is -0.129. The maximum absolute atomic E-state index is 13.5. The van der Waals surface area contributed by atoms with Crippen molar-refractivity contribution in [1.29, 1.82) is 0 Å². The molecule has 0 spiro atoms. The average Bonchev–Trinajstić information content (AvgIpc) is 2.81. The second-order valence-electron chi connectivity index (χ2n) is 7.39. The van der Waals surface area contributed by atoms with Gasteiger partial charge in [-0.3, -0.25) is 4.79 Å². The van der Waals surface area contributed by atoms with Crippen molar-refractivity contribution in [3.63, 3.8) is 0 Å². The van der Waals surface area contributed by atoms with Gasteiger partial charge in [-0.1, -0.05) is 66.7 Å². The molecule has 0 saturated carbocycles. The van der Waals surface area contributed by atoms with E-state index in [0.29, 0.717) is 12.2 Å². The monoisotopic (exact) mass is 433 g/mol. The molecule has 31 heavy (non-hydrogen) atoms. The van der Waals surface area contributed by atoms with Crippen LogP contribution in [0.5, 0.6) is 5.75 Å². The highest BCUT2D eigenvalue weighted by atomic mass is 32.2. The van der Waals surface area contributed by atoms with E-state index in [0.717, 1.165) is 15.4 Å². The van der Waals surface area contributed by atoms with E-state index in [-0.39, 0.29) is 10.8 Å². The summed E-state index contributed by atoms with van der Waals surface area (Å²) in [7, 11) is -2.51. The van der Waals surface area contributed by atoms with Crippen LogP contribution < -0.4 is 4.74 Å². The van der Waals surface area contributed by atoms with Gasteiger partial charge < -0.3 is 4.74 Å². The second-order valence-corrected chi connectivity index (χ2v) is 9.20. The van der Waals surface area contributed by atoms with Gasteiger partial charge in [-0.15, -0.1) is 0 Å². The summed E-state index contributed by atoms with van der Waals surface area (Å²) in [6.45, 7) is 0. The first-order valence-electron chi connectivity index (χ1n) is 10.0. The normalized spacial score (nSPS) is 18.7. The SMILES string of the molecule is COc1ccc(S(=O)(=O)N2C=CC(c3ccccc3)C(Cc3ccccc3)C2=O)cc1. The molecular formula is C25H23NO4S. The van der Waals surface area contributed by atoms with Crippen LogP contribution in [0.15, 0.2) is 102 Å². The van der Waals surface area contributed by atoms with Crippen molar-refractivity contribution in [2.75, 3.05) is 7.11 Å². The molecule has 158 valence electrons. The van der Waals surface area contributed by atoms with Crippen LogP contribution in [-0.4, -0.2) is 25.7 Å². The predicted octanol–water partition coefficient (Wildman–Crippen LogP) is 4.38. The minimum atomic E-state index is -4.03. The molecule has 5 nitrogen and oxygen atoms in total. The van der Waals surface area contributed by atoms with Gasteiger partial charge in [0.2, 0.25) is 5.91 Å². The molecule has 0 bridgehead atoms. The van der Waals surface area contributed by atoms with Gasteiger partial charge >= 0.3 is 0 Å². The maximum Gasteiger partial charge on any atom is 0.270 e. The van der Waals surface area contributed by atoms with Crippen molar-refractivity contribution in [2.24, 2.45) is 5.92 Å². The highest BCUT2D eigenvalue weighted by molar-refractivity contribution is 7.89. The number of sulfonamides is 1. The number of carbonyl (C=O) groups is 1. The molecule has 0 fully saturated rings. The van der Waals surface area contributed by atoms with E-state index in [1.54, 1.807) is 12.1 Å². The van der Waals surface area contributed by atoms with E-state index >= 15 is 0 Å². The lowest BCUT2D eigenvalue weighted by Gasteiger charge is -2.33. The smallest absolute Gasteiger partial charge is 0.270 e. The largest absolute Gasteiger partial charge is 0.497 e. The third kappa shape index (κ3) is 4.25. The van der Waals surface area contributed by atoms with Gasteiger partial charge in [0.05, 0.1) is 17.9 Å². The van der Waals surface area contributed by atoms with Crippen LogP contribution in [0.4, 0.5) is 0 Å². The molecule has 0 saturated heterocycles. The Hall–Kier alpha value is -3.38. The first-order valence-corrected chi connectivity index (χ1v) is 11.4. The molecule has 4 rings (SSSR count). The fourth-order valence-corrected chi connectivity index (χ4v) is 5.17. The van der Waals surface area contributed by atoms with Crippen LogP contribution in [-0.2, 0) is 21.2 Å². The lowest BCUT2D eigenvalue weighted by Crippen LogP contribution is -2.42. The van der Waals surface area contributed by atoms with Gasteiger partial charge in [-0.25, -0.2) is 12.7 Å². The summed E-state index contributed by atoms with van der Waals surface area (Å²) in [5.74, 6) is -0.638. The predicted molar refractivity (Wildman–Crippen MR) is 119 cm³/mol. The van der Waals surface area contributed by atoms with Crippen molar-refractivity contribution in [3.8, 4) is 5.75 Å². The molecule has 0 N–H and O–H groups in total. The summed E-state index contributed by atoms with van der Waals surface area (Å²) >= 11 is 0. The summed E-state index contributed by atoms with van der Waals surface area (Å²) in [4.78, 5) is 13.6. The van der Waals surface area contributed by atoms with Crippen LogP contribution in [0.2, 0.25) is 0 Å². The second kappa shape index (κ2) is 8.78. The summed E-state index contributed by atoms with van der Waals surface area (Å²) in [5.41, 5.74) is 1.97. The number of rotatable bonds is 6. The number of nitrogens with zero attached hydrogens (tertiary/aromatic N) is 1. The number of benzene rings is 3. The molecule has 0 aliphatic carbocycles. The zero-order valence-corrected chi connectivity index (χ0v) is 17.9. The average molecular weight is 434 g/mol. The highest BCUT2D eigenvalue weighted by Gasteiger charge is 2.39. The fraction of sp³-hybridized carbons (Fsp3) is 0.160. The van der Waals surface area contributed by atoms with E-state index in [2.05, 4.69) is 0 Å². The van der Waals surface area contributed by atoms with Gasteiger partial charge in [0.25, 0.3) is 10.0 Å². The van der Waals surface area contributed by atoms with Crippen LogP contribution >= 0.6 is 0 Å². The minimum Gasteiger partial charge on any atom is -0.497 e. The third-order valence-electron chi connectivity index (χ3n) is 5.50. The first-order chi connectivity index (χ1) is 15.0. The van der Waals surface area contributed by atoms with Gasteiger partial charge in [-0.05, 0) is 41.8 Å². The third-order valence-corrected chi connectivity index (χ3v) is 7.18. The van der Waals surface area contributed by atoms with E-state index < -0.39 is 21.8 Å². The quantitative estimate of drug-likeness (QED) is 0.579. The molecule has 1 aliphatic rings. The Morgan fingerprint density at radius 3 is 2.10 bits per heavy atom. The minimum absolute atomic E-state index is 0.0444. The summed E-state index contributed by atoms with van der Waals surface area (Å²) in [6.07, 6.45) is 3.64. The van der Waals surface area contributed by atoms with Gasteiger partial charge in [0.1, 0.15) is 5.75 Å². The molecule has 3 aromatic rings. The Morgan fingerprint density at radius 1 is 0.871 bits per heavy atom. The lowest BCUT2D eigenvalue weighted by atomic mass is 9.80. The zero-order valence-electron chi connectivity index (χ0n) is 17.1. The van der Waals surface area contributed by atoms with Crippen molar-refractivity contribution < 1.29 is 17.9 Å². The molecule has 2 unspecified atom stereocenters. The highest BCUT2D eigenvalue weighted by Crippen LogP contribution is 2.36. The van der Waals surface area contributed by atoms with Crippen molar-refractivity contribution >= 4 is 15.9 Å². The van der Waals surface area contributed by atoms with Crippen LogP contribution in [0.1, 0.15) is 17.0 Å². The Labute approximate surface area is 182 Å².